The number of fused-ring (bicyclic) bond motifs is 1. The van der Waals surface area contributed by atoms with Crippen LogP contribution in [0.25, 0.3) is 0 Å². The Bertz CT molecular complexity index is 540. The van der Waals surface area contributed by atoms with Crippen LogP contribution in [-0.4, -0.2) is 45.9 Å². The Hall–Kier alpha value is -1.46. The third kappa shape index (κ3) is 3.12. The van der Waals surface area contributed by atoms with Crippen molar-refractivity contribution >= 4 is 0 Å². The topological polar surface area (TPSA) is 43.0 Å². The van der Waals surface area contributed by atoms with E-state index in [0.717, 1.165) is 24.6 Å². The fraction of sp³-hybridized carbons (Fsp3) is 0.667. The van der Waals surface area contributed by atoms with Gasteiger partial charge in [0.1, 0.15) is 0 Å². The molecule has 0 aliphatic carbocycles. The van der Waals surface area contributed by atoms with Crippen LogP contribution in [0.1, 0.15) is 42.9 Å². The Labute approximate surface area is 138 Å². The van der Waals surface area contributed by atoms with Crippen molar-refractivity contribution in [3.63, 3.8) is 0 Å². The van der Waals surface area contributed by atoms with Gasteiger partial charge in [-0.05, 0) is 37.6 Å². The maximum absolute atomic E-state index is 5.67. The molecule has 3 rings (SSSR count). The number of nitrogens with one attached hydrogen (secondary N) is 1. The molecular formula is C18H28N2O3. The van der Waals surface area contributed by atoms with Crippen molar-refractivity contribution in [3.8, 4) is 17.2 Å². The van der Waals surface area contributed by atoms with Gasteiger partial charge in [0.2, 0.25) is 5.75 Å². The zero-order valence-electron chi connectivity index (χ0n) is 14.5. The zero-order chi connectivity index (χ0) is 16.2. The lowest BCUT2D eigenvalue weighted by atomic mass is 9.93. The standard InChI is InChI=1S/C18H28N2O3/c1-21-16-10-13-14(17(22-2)18(16)23-3)11-19-12-15(13)20-8-6-4-5-7-9-20/h10,15,19H,4-9,11-12H2,1-3H3/t15-/m1/s1. The van der Waals surface area contributed by atoms with Crippen LogP contribution in [0.4, 0.5) is 0 Å². The van der Waals surface area contributed by atoms with Gasteiger partial charge in [-0.3, -0.25) is 4.90 Å². The first-order chi connectivity index (χ1) is 11.3. The summed E-state index contributed by atoms with van der Waals surface area (Å²) in [6.07, 6.45) is 5.27. The minimum atomic E-state index is 0.380. The van der Waals surface area contributed by atoms with Crippen molar-refractivity contribution in [3.05, 3.63) is 17.2 Å². The van der Waals surface area contributed by atoms with Gasteiger partial charge in [-0.15, -0.1) is 0 Å². The molecule has 2 heterocycles. The van der Waals surface area contributed by atoms with E-state index < -0.39 is 0 Å². The van der Waals surface area contributed by atoms with Crippen LogP contribution in [0.2, 0.25) is 0 Å². The van der Waals surface area contributed by atoms with Crippen molar-refractivity contribution in [1.82, 2.24) is 10.2 Å². The first-order valence-corrected chi connectivity index (χ1v) is 8.56. The predicted octanol–water partition coefficient (Wildman–Crippen LogP) is 2.73. The fourth-order valence-electron chi connectivity index (χ4n) is 3.89. The highest BCUT2D eigenvalue weighted by Crippen LogP contribution is 2.45. The lowest BCUT2D eigenvalue weighted by molar-refractivity contribution is 0.189. The van der Waals surface area contributed by atoms with Gasteiger partial charge in [0.05, 0.1) is 21.3 Å². The van der Waals surface area contributed by atoms with Gasteiger partial charge in [0.15, 0.2) is 11.5 Å². The average Bonchev–Trinajstić information content (AvgIpc) is 2.88. The first-order valence-electron chi connectivity index (χ1n) is 8.56. The number of methoxy groups -OCH3 is 3. The quantitative estimate of drug-likeness (QED) is 0.924. The molecule has 1 saturated heterocycles. The average molecular weight is 320 g/mol. The second-order valence-electron chi connectivity index (χ2n) is 6.31. The molecule has 23 heavy (non-hydrogen) atoms. The predicted molar refractivity (Wildman–Crippen MR) is 90.6 cm³/mol. The Morgan fingerprint density at radius 2 is 1.65 bits per heavy atom. The molecule has 0 spiro atoms. The summed E-state index contributed by atoms with van der Waals surface area (Å²) < 4.78 is 16.8. The maximum atomic E-state index is 5.67. The summed E-state index contributed by atoms with van der Waals surface area (Å²) in [5, 5.41) is 3.55. The second-order valence-corrected chi connectivity index (χ2v) is 6.31. The number of hydrogen-bond acceptors (Lipinski definition) is 5. The summed E-state index contributed by atoms with van der Waals surface area (Å²) in [7, 11) is 5.05. The molecule has 2 aliphatic heterocycles. The van der Waals surface area contributed by atoms with E-state index in [1.54, 1.807) is 21.3 Å². The molecule has 128 valence electrons. The third-order valence-corrected chi connectivity index (χ3v) is 5.05. The molecular weight excluding hydrogens is 292 g/mol. The minimum absolute atomic E-state index is 0.380. The molecule has 1 aromatic rings. The fourth-order valence-corrected chi connectivity index (χ4v) is 3.89. The number of ether oxygens (including phenoxy) is 3. The van der Waals surface area contributed by atoms with Gasteiger partial charge in [0.25, 0.3) is 0 Å². The van der Waals surface area contributed by atoms with Crippen molar-refractivity contribution in [2.45, 2.75) is 38.3 Å². The molecule has 2 aliphatic rings. The van der Waals surface area contributed by atoms with Gasteiger partial charge in [-0.25, -0.2) is 0 Å². The van der Waals surface area contributed by atoms with Gasteiger partial charge in [0, 0.05) is 24.7 Å². The Balaban J connectivity index is 2.03. The van der Waals surface area contributed by atoms with E-state index in [0.29, 0.717) is 11.8 Å². The largest absolute Gasteiger partial charge is 0.493 e. The summed E-state index contributed by atoms with van der Waals surface area (Å²) in [6, 6.07) is 2.53. The van der Waals surface area contributed by atoms with E-state index in [9.17, 15) is 0 Å². The zero-order valence-corrected chi connectivity index (χ0v) is 14.5. The van der Waals surface area contributed by atoms with Crippen LogP contribution >= 0.6 is 0 Å². The molecule has 5 heteroatoms. The maximum Gasteiger partial charge on any atom is 0.203 e. The summed E-state index contributed by atoms with van der Waals surface area (Å²) in [5.74, 6) is 2.24. The number of rotatable bonds is 4. The number of benzene rings is 1. The van der Waals surface area contributed by atoms with Crippen LogP contribution < -0.4 is 19.5 Å². The number of nitrogens with zero attached hydrogens (tertiary/aromatic N) is 1. The van der Waals surface area contributed by atoms with E-state index >= 15 is 0 Å². The number of hydrogen-bond donors (Lipinski definition) is 1. The lowest BCUT2D eigenvalue weighted by Gasteiger charge is -2.36. The second kappa shape index (κ2) is 7.41. The molecule has 1 N–H and O–H groups in total. The highest BCUT2D eigenvalue weighted by molar-refractivity contribution is 5.60. The monoisotopic (exact) mass is 320 g/mol. The van der Waals surface area contributed by atoms with Crippen LogP contribution in [0, 0.1) is 0 Å². The smallest absolute Gasteiger partial charge is 0.203 e. The molecule has 0 amide bonds. The molecule has 0 unspecified atom stereocenters. The molecule has 5 nitrogen and oxygen atoms in total. The SMILES string of the molecule is COc1cc2c(c(OC)c1OC)CNC[C@H]2N1CCCCCC1. The van der Waals surface area contributed by atoms with Gasteiger partial charge < -0.3 is 19.5 Å². The van der Waals surface area contributed by atoms with Gasteiger partial charge in [-0.1, -0.05) is 12.8 Å². The summed E-state index contributed by atoms with van der Waals surface area (Å²) in [5.41, 5.74) is 2.52. The molecule has 1 fully saturated rings. The molecule has 0 bridgehead atoms. The molecule has 0 aromatic heterocycles. The molecule has 1 atom stereocenters. The molecule has 0 radical (unpaired) electrons. The van der Waals surface area contributed by atoms with Crippen LogP contribution in [-0.2, 0) is 6.54 Å². The lowest BCUT2D eigenvalue weighted by Crippen LogP contribution is -2.40. The van der Waals surface area contributed by atoms with Crippen molar-refractivity contribution in [2.75, 3.05) is 41.0 Å². The number of likely N-dealkylation sites (tertiary alicyclic amines) is 1. The van der Waals surface area contributed by atoms with E-state index in [4.69, 9.17) is 14.2 Å². The van der Waals surface area contributed by atoms with Gasteiger partial charge >= 0.3 is 0 Å². The van der Waals surface area contributed by atoms with E-state index in [-0.39, 0.29) is 0 Å². The van der Waals surface area contributed by atoms with E-state index in [2.05, 4.69) is 16.3 Å². The van der Waals surface area contributed by atoms with E-state index in [1.165, 1.54) is 49.9 Å². The Morgan fingerprint density at radius 1 is 0.957 bits per heavy atom. The summed E-state index contributed by atoms with van der Waals surface area (Å²) in [6.45, 7) is 4.12. The molecule has 1 aromatic carbocycles. The summed E-state index contributed by atoms with van der Waals surface area (Å²) >= 11 is 0. The highest BCUT2D eigenvalue weighted by atomic mass is 16.5. The first kappa shape index (κ1) is 16.4. The normalized spacial score (nSPS) is 22.1. The Kier molecular flexibility index (Phi) is 5.28. The van der Waals surface area contributed by atoms with Crippen molar-refractivity contribution in [1.29, 1.82) is 0 Å². The van der Waals surface area contributed by atoms with Crippen LogP contribution in [0.3, 0.4) is 0 Å². The minimum Gasteiger partial charge on any atom is -0.493 e. The van der Waals surface area contributed by atoms with Crippen molar-refractivity contribution < 1.29 is 14.2 Å². The van der Waals surface area contributed by atoms with Crippen LogP contribution in [0.5, 0.6) is 17.2 Å². The van der Waals surface area contributed by atoms with E-state index in [1.807, 2.05) is 0 Å². The Morgan fingerprint density at radius 3 is 2.26 bits per heavy atom. The summed E-state index contributed by atoms with van der Waals surface area (Å²) in [4.78, 5) is 2.61. The third-order valence-electron chi connectivity index (χ3n) is 5.05. The van der Waals surface area contributed by atoms with Crippen LogP contribution in [0.15, 0.2) is 6.07 Å². The van der Waals surface area contributed by atoms with Gasteiger partial charge in [-0.2, -0.15) is 0 Å². The highest BCUT2D eigenvalue weighted by Gasteiger charge is 2.31. The molecule has 0 saturated carbocycles. The van der Waals surface area contributed by atoms with Crippen molar-refractivity contribution in [2.24, 2.45) is 0 Å².